The molecule has 0 saturated carbocycles. The van der Waals surface area contributed by atoms with Gasteiger partial charge in [-0.05, 0) is 30.3 Å². The van der Waals surface area contributed by atoms with Gasteiger partial charge in [-0.15, -0.1) is 0 Å². The van der Waals surface area contributed by atoms with Gasteiger partial charge in [0.25, 0.3) is 5.91 Å². The number of rotatable bonds is 5. The molecule has 0 saturated heterocycles. The van der Waals surface area contributed by atoms with Crippen LogP contribution < -0.4 is 16.4 Å². The first-order valence-electron chi connectivity index (χ1n) is 6.63. The molecule has 0 unspecified atom stereocenters. The van der Waals surface area contributed by atoms with E-state index in [1.807, 2.05) is 6.07 Å². The summed E-state index contributed by atoms with van der Waals surface area (Å²) in [5.41, 5.74) is 6.66. The van der Waals surface area contributed by atoms with E-state index in [2.05, 4.69) is 10.6 Å². The topological polar surface area (TPSA) is 108 Å². The molecule has 0 fully saturated rings. The lowest BCUT2D eigenvalue weighted by Crippen LogP contribution is -2.23. The molecule has 0 radical (unpaired) electrons. The summed E-state index contributed by atoms with van der Waals surface area (Å²) < 4.78 is 0. The standard InChI is InChI=1S/C16H13ClN4O2/c17-11-6-5-10(8-18)14(7-11)21-15(22)9-20-13-4-2-1-3-12(13)16(19)23/h1-7,20H,9H2,(H2,19,23)(H,21,22). The Hall–Kier alpha value is -3.04. The van der Waals surface area contributed by atoms with Crippen molar-refractivity contribution >= 4 is 34.8 Å². The Morgan fingerprint density at radius 3 is 2.61 bits per heavy atom. The quantitative estimate of drug-likeness (QED) is 0.782. The number of nitrogens with one attached hydrogen (secondary N) is 2. The van der Waals surface area contributed by atoms with E-state index in [1.165, 1.54) is 12.1 Å². The van der Waals surface area contributed by atoms with Crippen LogP contribution >= 0.6 is 11.6 Å². The third-order valence-electron chi connectivity index (χ3n) is 3.01. The number of carbonyl (C=O) groups excluding carboxylic acids is 2. The molecule has 4 N–H and O–H groups in total. The first-order chi connectivity index (χ1) is 11.0. The van der Waals surface area contributed by atoms with Crippen molar-refractivity contribution in [2.24, 2.45) is 5.73 Å². The molecule has 116 valence electrons. The molecule has 0 aliphatic carbocycles. The molecule has 0 bridgehead atoms. The fourth-order valence-electron chi connectivity index (χ4n) is 1.94. The number of halogens is 1. The van der Waals surface area contributed by atoms with Crippen molar-refractivity contribution in [3.8, 4) is 6.07 Å². The Morgan fingerprint density at radius 2 is 1.91 bits per heavy atom. The first kappa shape index (κ1) is 16.3. The van der Waals surface area contributed by atoms with Crippen molar-refractivity contribution in [2.75, 3.05) is 17.2 Å². The molecule has 6 nitrogen and oxygen atoms in total. The number of anilines is 2. The van der Waals surface area contributed by atoms with Gasteiger partial charge in [0.15, 0.2) is 0 Å². The highest BCUT2D eigenvalue weighted by Crippen LogP contribution is 2.20. The number of amides is 2. The molecule has 0 spiro atoms. The second-order valence-electron chi connectivity index (χ2n) is 4.61. The van der Waals surface area contributed by atoms with Crippen LogP contribution in [-0.4, -0.2) is 18.4 Å². The SMILES string of the molecule is N#Cc1ccc(Cl)cc1NC(=O)CNc1ccccc1C(N)=O. The van der Waals surface area contributed by atoms with E-state index in [1.54, 1.807) is 30.3 Å². The maximum absolute atomic E-state index is 12.0. The number of benzene rings is 2. The van der Waals surface area contributed by atoms with Crippen molar-refractivity contribution in [1.29, 1.82) is 5.26 Å². The molecule has 2 aromatic rings. The van der Waals surface area contributed by atoms with Crippen molar-refractivity contribution in [3.63, 3.8) is 0 Å². The van der Waals surface area contributed by atoms with Crippen molar-refractivity contribution in [2.45, 2.75) is 0 Å². The summed E-state index contributed by atoms with van der Waals surface area (Å²) in [5, 5.41) is 14.9. The van der Waals surface area contributed by atoms with Gasteiger partial charge in [0.1, 0.15) is 6.07 Å². The average Bonchev–Trinajstić information content (AvgIpc) is 2.53. The summed E-state index contributed by atoms with van der Waals surface area (Å²) in [7, 11) is 0. The fraction of sp³-hybridized carbons (Fsp3) is 0.0625. The van der Waals surface area contributed by atoms with E-state index in [9.17, 15) is 9.59 Å². The number of hydrogen-bond donors (Lipinski definition) is 3. The van der Waals surface area contributed by atoms with Crippen LogP contribution in [0.15, 0.2) is 42.5 Å². The molecule has 2 rings (SSSR count). The zero-order chi connectivity index (χ0) is 16.8. The lowest BCUT2D eigenvalue weighted by Gasteiger charge is -2.11. The number of nitrogens with zero attached hydrogens (tertiary/aromatic N) is 1. The van der Waals surface area contributed by atoms with Gasteiger partial charge in [0.05, 0.1) is 23.4 Å². The summed E-state index contributed by atoms with van der Waals surface area (Å²) in [6.45, 7) is -0.0956. The minimum Gasteiger partial charge on any atom is -0.376 e. The van der Waals surface area contributed by atoms with Gasteiger partial charge in [0.2, 0.25) is 5.91 Å². The van der Waals surface area contributed by atoms with Gasteiger partial charge >= 0.3 is 0 Å². The van der Waals surface area contributed by atoms with E-state index in [4.69, 9.17) is 22.6 Å². The lowest BCUT2D eigenvalue weighted by molar-refractivity contribution is -0.114. The average molecular weight is 329 g/mol. The molecule has 7 heteroatoms. The van der Waals surface area contributed by atoms with Gasteiger partial charge in [-0.25, -0.2) is 0 Å². The second-order valence-corrected chi connectivity index (χ2v) is 5.05. The number of nitriles is 1. The minimum atomic E-state index is -0.588. The predicted octanol–water partition coefficient (Wildman–Crippen LogP) is 2.36. The molecule has 0 aliphatic heterocycles. The molecule has 2 aromatic carbocycles. The minimum absolute atomic E-state index is 0.0956. The second kappa shape index (κ2) is 7.29. The Labute approximate surface area is 137 Å². The third kappa shape index (κ3) is 4.22. The Morgan fingerprint density at radius 1 is 1.17 bits per heavy atom. The third-order valence-corrected chi connectivity index (χ3v) is 3.24. The van der Waals surface area contributed by atoms with E-state index >= 15 is 0 Å². The fourth-order valence-corrected chi connectivity index (χ4v) is 2.11. The number of carbonyl (C=O) groups is 2. The molecular formula is C16H13ClN4O2. The largest absolute Gasteiger partial charge is 0.376 e. The lowest BCUT2D eigenvalue weighted by atomic mass is 10.1. The maximum atomic E-state index is 12.0. The Bertz CT molecular complexity index is 799. The van der Waals surface area contributed by atoms with Crippen LogP contribution in [-0.2, 0) is 4.79 Å². The van der Waals surface area contributed by atoms with Crippen LogP contribution in [0.5, 0.6) is 0 Å². The van der Waals surface area contributed by atoms with Gasteiger partial charge in [0, 0.05) is 10.7 Å². The zero-order valence-electron chi connectivity index (χ0n) is 12.0. The first-order valence-corrected chi connectivity index (χ1v) is 7.01. The van der Waals surface area contributed by atoms with Crippen LogP contribution in [0.2, 0.25) is 5.02 Å². The number of hydrogen-bond acceptors (Lipinski definition) is 4. The van der Waals surface area contributed by atoms with Crippen LogP contribution in [0.1, 0.15) is 15.9 Å². The summed E-state index contributed by atoms with van der Waals surface area (Å²) in [4.78, 5) is 23.3. The maximum Gasteiger partial charge on any atom is 0.250 e. The Kier molecular flexibility index (Phi) is 5.18. The Balaban J connectivity index is 2.06. The highest BCUT2D eigenvalue weighted by Gasteiger charge is 2.10. The van der Waals surface area contributed by atoms with Crippen LogP contribution in [0.3, 0.4) is 0 Å². The smallest absolute Gasteiger partial charge is 0.250 e. The summed E-state index contributed by atoms with van der Waals surface area (Å²) >= 11 is 5.86. The number of nitrogens with two attached hydrogens (primary N) is 1. The highest BCUT2D eigenvalue weighted by atomic mass is 35.5. The highest BCUT2D eigenvalue weighted by molar-refractivity contribution is 6.31. The molecule has 2 amide bonds. The van der Waals surface area contributed by atoms with E-state index in [0.29, 0.717) is 27.5 Å². The van der Waals surface area contributed by atoms with Gasteiger partial charge in [-0.1, -0.05) is 23.7 Å². The normalized spacial score (nSPS) is 9.74. The number of para-hydroxylation sites is 1. The monoisotopic (exact) mass is 328 g/mol. The number of primary amides is 1. The van der Waals surface area contributed by atoms with Crippen LogP contribution in [0.4, 0.5) is 11.4 Å². The van der Waals surface area contributed by atoms with Crippen LogP contribution in [0.25, 0.3) is 0 Å². The predicted molar refractivity (Wildman–Crippen MR) is 88.2 cm³/mol. The van der Waals surface area contributed by atoms with Crippen molar-refractivity contribution < 1.29 is 9.59 Å². The molecule has 0 heterocycles. The molecule has 0 aliphatic rings. The summed E-state index contributed by atoms with van der Waals surface area (Å²) in [6.07, 6.45) is 0. The van der Waals surface area contributed by atoms with E-state index in [-0.39, 0.29) is 12.5 Å². The van der Waals surface area contributed by atoms with E-state index in [0.717, 1.165) is 0 Å². The van der Waals surface area contributed by atoms with Crippen molar-refractivity contribution in [1.82, 2.24) is 0 Å². The molecule has 0 aromatic heterocycles. The zero-order valence-corrected chi connectivity index (χ0v) is 12.7. The van der Waals surface area contributed by atoms with E-state index < -0.39 is 5.91 Å². The van der Waals surface area contributed by atoms with Gasteiger partial charge < -0.3 is 16.4 Å². The summed E-state index contributed by atoms with van der Waals surface area (Å²) in [6, 6.07) is 13.2. The summed E-state index contributed by atoms with van der Waals surface area (Å²) in [5.74, 6) is -0.974. The van der Waals surface area contributed by atoms with Crippen LogP contribution in [0, 0.1) is 11.3 Å². The van der Waals surface area contributed by atoms with Gasteiger partial charge in [-0.2, -0.15) is 5.26 Å². The van der Waals surface area contributed by atoms with Crippen molar-refractivity contribution in [3.05, 3.63) is 58.6 Å². The molecule has 23 heavy (non-hydrogen) atoms. The molecule has 0 atom stereocenters. The molecular weight excluding hydrogens is 316 g/mol. The van der Waals surface area contributed by atoms with Gasteiger partial charge in [-0.3, -0.25) is 9.59 Å².